The number of amides is 1. The van der Waals surface area contributed by atoms with Crippen molar-refractivity contribution in [3.05, 3.63) is 35.6 Å². The number of halogens is 1. The number of Topliss-reactive ketones (excluding diaryl/α,β-unsaturated/α-hetero) is 1. The summed E-state index contributed by atoms with van der Waals surface area (Å²) in [5, 5.41) is 2.42. The average Bonchev–Trinajstić information content (AvgIpc) is 2.25. The van der Waals surface area contributed by atoms with Crippen LogP contribution >= 0.6 is 0 Å². The fraction of sp³-hybridized carbons (Fsp3) is 0.429. The molecule has 5 heteroatoms. The van der Waals surface area contributed by atoms with Gasteiger partial charge in [-0.05, 0) is 39.8 Å². The molecule has 0 spiro atoms. The van der Waals surface area contributed by atoms with Crippen LogP contribution in [0.3, 0.4) is 0 Å². The fourth-order valence-electron chi connectivity index (χ4n) is 1.44. The molecule has 104 valence electrons. The molecule has 0 aromatic heterocycles. The van der Waals surface area contributed by atoms with Gasteiger partial charge in [-0.3, -0.25) is 4.79 Å². The van der Waals surface area contributed by atoms with E-state index in [1.165, 1.54) is 25.1 Å². The van der Waals surface area contributed by atoms with Gasteiger partial charge in [0.2, 0.25) is 0 Å². The second kappa shape index (κ2) is 5.82. The molecule has 0 aliphatic rings. The average molecular weight is 267 g/mol. The monoisotopic (exact) mass is 267 g/mol. The van der Waals surface area contributed by atoms with Crippen molar-refractivity contribution in [2.24, 2.45) is 0 Å². The van der Waals surface area contributed by atoms with Crippen LogP contribution in [-0.2, 0) is 4.74 Å². The number of alkyl carbamates (subject to hydrolysis) is 1. The van der Waals surface area contributed by atoms with E-state index >= 15 is 0 Å². The summed E-state index contributed by atoms with van der Waals surface area (Å²) in [6.45, 7) is 6.71. The fourth-order valence-corrected chi connectivity index (χ4v) is 1.44. The summed E-state index contributed by atoms with van der Waals surface area (Å²) in [6, 6.07) is 4.55. The molecule has 4 nitrogen and oxygen atoms in total. The number of hydrogen-bond donors (Lipinski definition) is 1. The molecule has 0 aliphatic heterocycles. The number of ether oxygens (including phenoxy) is 1. The smallest absolute Gasteiger partial charge is 0.408 e. The van der Waals surface area contributed by atoms with E-state index in [1.807, 2.05) is 0 Å². The zero-order valence-electron chi connectivity index (χ0n) is 11.5. The van der Waals surface area contributed by atoms with Gasteiger partial charge in [0.05, 0.1) is 6.04 Å². The maximum atomic E-state index is 13.0. The molecule has 1 N–H and O–H groups in total. The van der Waals surface area contributed by atoms with Crippen LogP contribution in [0.5, 0.6) is 0 Å². The summed E-state index contributed by atoms with van der Waals surface area (Å²) >= 11 is 0. The Morgan fingerprint density at radius 3 is 2.47 bits per heavy atom. The van der Waals surface area contributed by atoms with E-state index in [4.69, 9.17) is 4.74 Å². The van der Waals surface area contributed by atoms with Gasteiger partial charge < -0.3 is 10.1 Å². The van der Waals surface area contributed by atoms with Crippen LogP contribution in [0.2, 0.25) is 0 Å². The number of rotatable bonds is 3. The molecule has 0 heterocycles. The highest BCUT2D eigenvalue weighted by atomic mass is 19.1. The number of carbonyl (C=O) groups excluding carboxylic acids is 2. The molecule has 0 bridgehead atoms. The second-order valence-corrected chi connectivity index (χ2v) is 5.24. The van der Waals surface area contributed by atoms with E-state index in [0.717, 1.165) is 6.07 Å². The quantitative estimate of drug-likeness (QED) is 0.857. The Hall–Kier alpha value is -1.91. The van der Waals surface area contributed by atoms with Crippen LogP contribution in [0.4, 0.5) is 9.18 Å². The topological polar surface area (TPSA) is 55.4 Å². The Balaban J connectivity index is 2.66. The Bertz CT molecular complexity index is 480. The number of carbonyl (C=O) groups is 2. The van der Waals surface area contributed by atoms with Gasteiger partial charge in [0.15, 0.2) is 5.78 Å². The summed E-state index contributed by atoms with van der Waals surface area (Å²) < 4.78 is 18.1. The molecule has 0 fully saturated rings. The summed E-state index contributed by atoms with van der Waals surface area (Å²) in [5.41, 5.74) is -0.422. The first kappa shape index (κ1) is 15.1. The normalized spacial score (nSPS) is 12.7. The van der Waals surface area contributed by atoms with Crippen molar-refractivity contribution in [2.75, 3.05) is 0 Å². The van der Waals surface area contributed by atoms with Crippen LogP contribution in [-0.4, -0.2) is 23.5 Å². The molecule has 0 saturated carbocycles. The zero-order valence-corrected chi connectivity index (χ0v) is 11.5. The van der Waals surface area contributed by atoms with Crippen molar-refractivity contribution in [1.29, 1.82) is 0 Å². The van der Waals surface area contributed by atoms with Crippen LogP contribution in [0.25, 0.3) is 0 Å². The molecule has 1 aromatic carbocycles. The van der Waals surface area contributed by atoms with Crippen molar-refractivity contribution in [3.8, 4) is 0 Å². The van der Waals surface area contributed by atoms with Crippen LogP contribution < -0.4 is 5.32 Å². The Morgan fingerprint density at radius 1 is 1.32 bits per heavy atom. The molecule has 19 heavy (non-hydrogen) atoms. The van der Waals surface area contributed by atoms with E-state index in [1.54, 1.807) is 20.8 Å². The highest BCUT2D eigenvalue weighted by molar-refractivity contribution is 6.01. The Kier molecular flexibility index (Phi) is 4.64. The lowest BCUT2D eigenvalue weighted by molar-refractivity contribution is 0.0497. The lowest BCUT2D eigenvalue weighted by Gasteiger charge is -2.21. The number of nitrogens with one attached hydrogen (secondary N) is 1. The maximum Gasteiger partial charge on any atom is 0.408 e. The third-order valence-corrected chi connectivity index (χ3v) is 2.24. The molecule has 1 aromatic rings. The Morgan fingerprint density at radius 2 is 1.95 bits per heavy atom. The molecule has 0 aliphatic carbocycles. The third-order valence-electron chi connectivity index (χ3n) is 2.24. The standard InChI is InChI=1S/C14H18FNO3/c1-9(16-13(18)19-14(2,3)4)12(17)10-6-5-7-11(15)8-10/h5-9H,1-4H3,(H,16,18). The number of ketones is 1. The molecule has 1 rings (SSSR count). The maximum absolute atomic E-state index is 13.0. The first-order valence-electron chi connectivity index (χ1n) is 5.98. The van der Waals surface area contributed by atoms with Crippen molar-refractivity contribution in [2.45, 2.75) is 39.3 Å². The van der Waals surface area contributed by atoms with Crippen LogP contribution in [0, 0.1) is 5.82 Å². The van der Waals surface area contributed by atoms with Crippen LogP contribution in [0.1, 0.15) is 38.1 Å². The number of benzene rings is 1. The predicted octanol–water partition coefficient (Wildman–Crippen LogP) is 2.92. The van der Waals surface area contributed by atoms with Gasteiger partial charge in [0, 0.05) is 5.56 Å². The summed E-state index contributed by atoms with van der Waals surface area (Å²) in [4.78, 5) is 23.5. The molecule has 1 atom stereocenters. The predicted molar refractivity (Wildman–Crippen MR) is 69.6 cm³/mol. The molecular weight excluding hydrogens is 249 g/mol. The van der Waals surface area contributed by atoms with Gasteiger partial charge >= 0.3 is 6.09 Å². The summed E-state index contributed by atoms with van der Waals surface area (Å²) in [5.74, 6) is -0.860. The van der Waals surface area contributed by atoms with Gasteiger partial charge in [0.1, 0.15) is 11.4 Å². The third kappa shape index (κ3) is 5.07. The highest BCUT2D eigenvalue weighted by Crippen LogP contribution is 2.09. The lowest BCUT2D eigenvalue weighted by Crippen LogP contribution is -2.41. The highest BCUT2D eigenvalue weighted by Gasteiger charge is 2.21. The first-order chi connectivity index (χ1) is 8.69. The minimum Gasteiger partial charge on any atom is -0.444 e. The van der Waals surface area contributed by atoms with Crippen LogP contribution in [0.15, 0.2) is 24.3 Å². The molecule has 1 unspecified atom stereocenters. The van der Waals surface area contributed by atoms with Gasteiger partial charge in [-0.2, -0.15) is 0 Å². The minimum atomic E-state index is -0.781. The van der Waals surface area contributed by atoms with E-state index in [0.29, 0.717) is 0 Å². The molecule has 0 radical (unpaired) electrons. The second-order valence-electron chi connectivity index (χ2n) is 5.24. The van der Waals surface area contributed by atoms with Gasteiger partial charge in [-0.15, -0.1) is 0 Å². The van der Waals surface area contributed by atoms with E-state index in [2.05, 4.69) is 5.32 Å². The van der Waals surface area contributed by atoms with Gasteiger partial charge in [-0.25, -0.2) is 9.18 Å². The van der Waals surface area contributed by atoms with Gasteiger partial charge in [-0.1, -0.05) is 12.1 Å². The summed E-state index contributed by atoms with van der Waals surface area (Å²) in [6.07, 6.45) is -0.676. The van der Waals surface area contributed by atoms with Crippen molar-refractivity contribution < 1.29 is 18.7 Å². The van der Waals surface area contributed by atoms with Gasteiger partial charge in [0.25, 0.3) is 0 Å². The van der Waals surface area contributed by atoms with E-state index in [-0.39, 0.29) is 11.3 Å². The minimum absolute atomic E-state index is 0.212. The first-order valence-corrected chi connectivity index (χ1v) is 5.98. The zero-order chi connectivity index (χ0) is 14.6. The SMILES string of the molecule is CC(NC(=O)OC(C)(C)C)C(=O)c1cccc(F)c1. The molecule has 1 amide bonds. The molecule has 0 saturated heterocycles. The summed E-state index contributed by atoms with van der Waals surface area (Å²) in [7, 11) is 0. The largest absolute Gasteiger partial charge is 0.444 e. The van der Waals surface area contributed by atoms with E-state index < -0.39 is 23.6 Å². The van der Waals surface area contributed by atoms with Crippen molar-refractivity contribution >= 4 is 11.9 Å². The lowest BCUT2D eigenvalue weighted by atomic mass is 10.1. The van der Waals surface area contributed by atoms with E-state index in [9.17, 15) is 14.0 Å². The number of hydrogen-bond acceptors (Lipinski definition) is 3. The Labute approximate surface area is 112 Å². The molecular formula is C14H18FNO3. The van der Waals surface area contributed by atoms with Crippen molar-refractivity contribution in [1.82, 2.24) is 5.32 Å². The van der Waals surface area contributed by atoms with Crippen molar-refractivity contribution in [3.63, 3.8) is 0 Å².